The van der Waals surface area contributed by atoms with Gasteiger partial charge in [-0.05, 0) is 55.4 Å². The van der Waals surface area contributed by atoms with Gasteiger partial charge in [0.15, 0.2) is 0 Å². The van der Waals surface area contributed by atoms with E-state index in [-0.39, 0.29) is 11.6 Å². The molecular weight excluding hydrogens is 342 g/mol. The first kappa shape index (κ1) is 18.0. The number of piperidine rings is 1. The maximum Gasteiger partial charge on any atom is 0.254 e. The van der Waals surface area contributed by atoms with E-state index in [0.717, 1.165) is 44.0 Å². The minimum atomic E-state index is -0.836. The highest BCUT2D eigenvalue weighted by molar-refractivity contribution is 7.10. The molecule has 0 spiro atoms. The van der Waals surface area contributed by atoms with Gasteiger partial charge in [-0.3, -0.25) is 9.69 Å². The second-order valence-corrected chi connectivity index (χ2v) is 7.56. The standard InChI is InChI=1S/C19H22F2N2OS/c1-13-6-8-23(9-7-13)17(18-3-2-10-25-18)12-22-19(24)15-5-4-14(20)11-16(15)21/h2-5,10-11,13,17H,6-9,12H2,1H3,(H,22,24). The summed E-state index contributed by atoms with van der Waals surface area (Å²) in [5.74, 6) is -1.31. The molecule has 2 heterocycles. The molecule has 1 fully saturated rings. The van der Waals surface area contributed by atoms with E-state index in [1.54, 1.807) is 11.3 Å². The molecule has 1 aliphatic heterocycles. The molecule has 2 aromatic rings. The number of halogens is 2. The van der Waals surface area contributed by atoms with E-state index in [1.807, 2.05) is 11.4 Å². The SMILES string of the molecule is CC1CCN(C(CNC(=O)c2ccc(F)cc2F)c2cccs2)CC1. The Labute approximate surface area is 150 Å². The van der Waals surface area contributed by atoms with Gasteiger partial charge < -0.3 is 5.32 Å². The van der Waals surface area contributed by atoms with E-state index >= 15 is 0 Å². The lowest BCUT2D eigenvalue weighted by Crippen LogP contribution is -2.41. The van der Waals surface area contributed by atoms with E-state index in [4.69, 9.17) is 0 Å². The first-order valence-corrected chi connectivity index (χ1v) is 9.43. The number of hydrogen-bond acceptors (Lipinski definition) is 3. The van der Waals surface area contributed by atoms with Crippen molar-refractivity contribution in [2.45, 2.75) is 25.8 Å². The van der Waals surface area contributed by atoms with E-state index in [0.29, 0.717) is 6.54 Å². The van der Waals surface area contributed by atoms with E-state index < -0.39 is 17.5 Å². The second-order valence-electron chi connectivity index (χ2n) is 6.58. The summed E-state index contributed by atoms with van der Waals surface area (Å²) in [6.45, 7) is 4.65. The van der Waals surface area contributed by atoms with Gasteiger partial charge in [0.1, 0.15) is 11.6 Å². The lowest BCUT2D eigenvalue weighted by Gasteiger charge is -2.36. The van der Waals surface area contributed by atoms with Crippen LogP contribution in [0.25, 0.3) is 0 Å². The van der Waals surface area contributed by atoms with Gasteiger partial charge in [-0.2, -0.15) is 0 Å². The normalized spacial score (nSPS) is 17.4. The van der Waals surface area contributed by atoms with E-state index in [9.17, 15) is 13.6 Å². The van der Waals surface area contributed by atoms with Gasteiger partial charge in [0.2, 0.25) is 0 Å². The summed E-state index contributed by atoms with van der Waals surface area (Å²) in [5.41, 5.74) is -0.126. The Morgan fingerprint density at radius 2 is 2.08 bits per heavy atom. The van der Waals surface area contributed by atoms with Crippen molar-refractivity contribution in [3.05, 3.63) is 57.8 Å². The van der Waals surface area contributed by atoms with Gasteiger partial charge in [0.05, 0.1) is 11.6 Å². The zero-order valence-corrected chi connectivity index (χ0v) is 15.0. The van der Waals surface area contributed by atoms with Crippen molar-refractivity contribution in [1.29, 1.82) is 0 Å². The minimum Gasteiger partial charge on any atom is -0.350 e. The molecule has 1 N–H and O–H groups in total. The van der Waals surface area contributed by atoms with Crippen molar-refractivity contribution in [1.82, 2.24) is 10.2 Å². The molecule has 0 aliphatic carbocycles. The van der Waals surface area contributed by atoms with Crippen LogP contribution in [0.1, 0.15) is 41.0 Å². The number of carbonyl (C=O) groups is 1. The number of nitrogens with zero attached hydrogens (tertiary/aromatic N) is 1. The quantitative estimate of drug-likeness (QED) is 0.861. The molecule has 1 aliphatic rings. The van der Waals surface area contributed by atoms with Crippen molar-refractivity contribution in [2.75, 3.05) is 19.6 Å². The topological polar surface area (TPSA) is 32.3 Å². The molecule has 0 saturated carbocycles. The van der Waals surface area contributed by atoms with Crippen molar-refractivity contribution in [2.24, 2.45) is 5.92 Å². The second kappa shape index (κ2) is 8.06. The van der Waals surface area contributed by atoms with Crippen molar-refractivity contribution in [3.8, 4) is 0 Å². The van der Waals surface area contributed by atoms with Crippen LogP contribution in [0, 0.1) is 17.6 Å². The Morgan fingerprint density at radius 3 is 2.72 bits per heavy atom. The first-order valence-electron chi connectivity index (χ1n) is 8.55. The Hall–Kier alpha value is -1.79. The number of rotatable bonds is 5. The van der Waals surface area contributed by atoms with Gasteiger partial charge in [0, 0.05) is 17.5 Å². The highest BCUT2D eigenvalue weighted by Gasteiger charge is 2.26. The number of likely N-dealkylation sites (tertiary alicyclic amines) is 1. The van der Waals surface area contributed by atoms with Gasteiger partial charge >= 0.3 is 0 Å². The van der Waals surface area contributed by atoms with Gasteiger partial charge in [-0.25, -0.2) is 8.78 Å². The molecule has 3 rings (SSSR count). The van der Waals surface area contributed by atoms with Crippen molar-refractivity contribution < 1.29 is 13.6 Å². The summed E-state index contributed by atoms with van der Waals surface area (Å²) in [6, 6.07) is 7.17. The van der Waals surface area contributed by atoms with Crippen LogP contribution in [-0.4, -0.2) is 30.4 Å². The number of hydrogen-bond donors (Lipinski definition) is 1. The number of amides is 1. The summed E-state index contributed by atoms with van der Waals surface area (Å²) in [5, 5.41) is 4.84. The zero-order valence-electron chi connectivity index (χ0n) is 14.2. The molecule has 134 valence electrons. The summed E-state index contributed by atoms with van der Waals surface area (Å²) in [4.78, 5) is 15.9. The van der Waals surface area contributed by atoms with Crippen molar-refractivity contribution >= 4 is 17.2 Å². The van der Waals surface area contributed by atoms with E-state index in [2.05, 4.69) is 23.2 Å². The third-order valence-electron chi connectivity index (χ3n) is 4.76. The highest BCUT2D eigenvalue weighted by Crippen LogP contribution is 2.29. The molecule has 1 amide bonds. The van der Waals surface area contributed by atoms with Crippen molar-refractivity contribution in [3.63, 3.8) is 0 Å². The number of carbonyl (C=O) groups excluding carboxylic acids is 1. The maximum atomic E-state index is 13.8. The van der Waals surface area contributed by atoms with Crippen LogP contribution in [0.2, 0.25) is 0 Å². The number of nitrogens with one attached hydrogen (secondary N) is 1. The van der Waals surface area contributed by atoms with E-state index in [1.165, 1.54) is 10.9 Å². The molecule has 6 heteroatoms. The van der Waals surface area contributed by atoms with Crippen LogP contribution in [-0.2, 0) is 0 Å². The fourth-order valence-corrected chi connectivity index (χ4v) is 4.05. The fourth-order valence-electron chi connectivity index (χ4n) is 3.19. The summed E-state index contributed by atoms with van der Waals surface area (Å²) >= 11 is 1.66. The van der Waals surface area contributed by atoms with Crippen LogP contribution in [0.15, 0.2) is 35.7 Å². The van der Waals surface area contributed by atoms with Crippen LogP contribution < -0.4 is 5.32 Å². The highest BCUT2D eigenvalue weighted by atomic mass is 32.1. The molecule has 3 nitrogen and oxygen atoms in total. The Bertz CT molecular complexity index is 712. The lowest BCUT2D eigenvalue weighted by atomic mass is 9.97. The molecule has 25 heavy (non-hydrogen) atoms. The summed E-state index contributed by atoms with van der Waals surface area (Å²) in [6.07, 6.45) is 2.28. The monoisotopic (exact) mass is 364 g/mol. The van der Waals surface area contributed by atoms with Crippen LogP contribution in [0.4, 0.5) is 8.78 Å². The molecular formula is C19H22F2N2OS. The third-order valence-corrected chi connectivity index (χ3v) is 5.74. The predicted molar refractivity (Wildman–Crippen MR) is 95.7 cm³/mol. The summed E-state index contributed by atoms with van der Waals surface area (Å²) < 4.78 is 26.8. The summed E-state index contributed by atoms with van der Waals surface area (Å²) in [7, 11) is 0. The molecule has 0 radical (unpaired) electrons. The smallest absolute Gasteiger partial charge is 0.254 e. The molecule has 1 aromatic heterocycles. The van der Waals surface area contributed by atoms with Crippen LogP contribution in [0.5, 0.6) is 0 Å². The molecule has 0 bridgehead atoms. The third kappa shape index (κ3) is 4.44. The number of thiophene rings is 1. The lowest BCUT2D eigenvalue weighted by molar-refractivity contribution is 0.0911. The molecule has 1 saturated heterocycles. The maximum absolute atomic E-state index is 13.8. The molecule has 1 unspecified atom stereocenters. The Kier molecular flexibility index (Phi) is 5.81. The molecule has 1 aromatic carbocycles. The Balaban J connectivity index is 1.69. The largest absolute Gasteiger partial charge is 0.350 e. The van der Waals surface area contributed by atoms with Gasteiger partial charge in [0.25, 0.3) is 5.91 Å². The Morgan fingerprint density at radius 1 is 1.32 bits per heavy atom. The first-order chi connectivity index (χ1) is 12.0. The van der Waals surface area contributed by atoms with Gasteiger partial charge in [-0.1, -0.05) is 13.0 Å². The zero-order chi connectivity index (χ0) is 17.8. The minimum absolute atomic E-state index is 0.0833. The fraction of sp³-hybridized carbons (Fsp3) is 0.421. The molecule has 1 atom stereocenters. The number of benzene rings is 1. The van der Waals surface area contributed by atoms with Crippen LogP contribution >= 0.6 is 11.3 Å². The predicted octanol–water partition coefficient (Wildman–Crippen LogP) is 4.23. The average molecular weight is 364 g/mol. The van der Waals surface area contributed by atoms with Gasteiger partial charge in [-0.15, -0.1) is 11.3 Å². The average Bonchev–Trinajstić information content (AvgIpc) is 3.10. The van der Waals surface area contributed by atoms with Crippen LogP contribution in [0.3, 0.4) is 0 Å².